The molecule has 154 valence electrons. The van der Waals surface area contributed by atoms with Crippen molar-refractivity contribution in [1.82, 2.24) is 19.2 Å². The zero-order chi connectivity index (χ0) is 21.1. The first-order valence-corrected chi connectivity index (χ1v) is 10.0. The highest BCUT2D eigenvalue weighted by Crippen LogP contribution is 2.16. The molecular formula is C22H23N5O3. The van der Waals surface area contributed by atoms with Crippen molar-refractivity contribution in [2.45, 2.75) is 33.4 Å². The van der Waals surface area contributed by atoms with Crippen LogP contribution in [0.5, 0.6) is 0 Å². The summed E-state index contributed by atoms with van der Waals surface area (Å²) in [6.45, 7) is 5.20. The highest BCUT2D eigenvalue weighted by molar-refractivity contribution is 5.89. The Balaban J connectivity index is 1.62. The average molecular weight is 405 g/mol. The van der Waals surface area contributed by atoms with Crippen molar-refractivity contribution in [2.24, 2.45) is 0 Å². The van der Waals surface area contributed by atoms with Gasteiger partial charge in [-0.05, 0) is 49.7 Å². The number of esters is 1. The van der Waals surface area contributed by atoms with E-state index in [1.807, 2.05) is 54.6 Å². The summed E-state index contributed by atoms with van der Waals surface area (Å²) < 4.78 is 8.67. The molecule has 0 bridgehead atoms. The van der Waals surface area contributed by atoms with E-state index in [-0.39, 0.29) is 11.5 Å². The van der Waals surface area contributed by atoms with Crippen LogP contribution in [0.2, 0.25) is 0 Å². The Bertz CT molecular complexity index is 1260. The van der Waals surface area contributed by atoms with Crippen molar-refractivity contribution in [1.29, 1.82) is 0 Å². The second-order valence-electron chi connectivity index (χ2n) is 6.89. The van der Waals surface area contributed by atoms with Crippen molar-refractivity contribution in [3.8, 4) is 0 Å². The lowest BCUT2D eigenvalue weighted by Crippen LogP contribution is -2.22. The number of benzene rings is 2. The first kappa shape index (κ1) is 19.6. The second-order valence-corrected chi connectivity index (χ2v) is 6.89. The van der Waals surface area contributed by atoms with Gasteiger partial charge in [0.2, 0.25) is 5.78 Å². The number of hydrogen-bond donors (Lipinski definition) is 1. The van der Waals surface area contributed by atoms with Crippen LogP contribution >= 0.6 is 0 Å². The van der Waals surface area contributed by atoms with Gasteiger partial charge in [0.15, 0.2) is 5.82 Å². The molecule has 0 saturated carbocycles. The molecule has 0 aliphatic rings. The zero-order valence-electron chi connectivity index (χ0n) is 17.0. The van der Waals surface area contributed by atoms with Gasteiger partial charge in [0.25, 0.3) is 5.56 Å². The number of anilines is 1. The van der Waals surface area contributed by atoms with Gasteiger partial charge < -0.3 is 10.1 Å². The Morgan fingerprint density at radius 1 is 1.07 bits per heavy atom. The van der Waals surface area contributed by atoms with Gasteiger partial charge in [-0.15, -0.1) is 10.2 Å². The lowest BCUT2D eigenvalue weighted by molar-refractivity contribution is 0.0505. The Hall–Kier alpha value is -3.68. The lowest BCUT2D eigenvalue weighted by Gasteiger charge is -2.10. The molecule has 2 heterocycles. The average Bonchev–Trinajstić information content (AvgIpc) is 3.20. The first-order valence-electron chi connectivity index (χ1n) is 10.0. The summed E-state index contributed by atoms with van der Waals surface area (Å²) in [5, 5.41) is 12.5. The van der Waals surface area contributed by atoms with Crippen LogP contribution in [0.15, 0.2) is 53.3 Å². The van der Waals surface area contributed by atoms with Gasteiger partial charge in [-0.2, -0.15) is 0 Å². The molecule has 4 rings (SSSR count). The molecule has 0 radical (unpaired) electrons. The van der Waals surface area contributed by atoms with Crippen molar-refractivity contribution < 1.29 is 9.53 Å². The Kier molecular flexibility index (Phi) is 5.47. The predicted molar refractivity (Wildman–Crippen MR) is 115 cm³/mol. The van der Waals surface area contributed by atoms with Crippen molar-refractivity contribution in [3.05, 3.63) is 70.3 Å². The molecule has 2 aromatic heterocycles. The maximum Gasteiger partial charge on any atom is 0.338 e. The molecule has 1 N–H and O–H groups in total. The van der Waals surface area contributed by atoms with Gasteiger partial charge in [-0.1, -0.05) is 19.1 Å². The van der Waals surface area contributed by atoms with E-state index < -0.39 is 0 Å². The van der Waals surface area contributed by atoms with Gasteiger partial charge >= 0.3 is 5.97 Å². The fraction of sp³-hybridized carbons (Fsp3) is 0.273. The number of ether oxygens (including phenoxy) is 1. The molecule has 0 atom stereocenters. The third-order valence-corrected chi connectivity index (χ3v) is 4.90. The van der Waals surface area contributed by atoms with Crippen LogP contribution in [0, 0.1) is 0 Å². The van der Waals surface area contributed by atoms with Crippen LogP contribution in [0.4, 0.5) is 5.69 Å². The van der Waals surface area contributed by atoms with Crippen LogP contribution in [0.1, 0.15) is 36.5 Å². The quantitative estimate of drug-likeness (QED) is 0.475. The van der Waals surface area contributed by atoms with Gasteiger partial charge in [0.05, 0.1) is 29.6 Å². The molecule has 0 spiro atoms. The molecule has 30 heavy (non-hydrogen) atoms. The largest absolute Gasteiger partial charge is 0.462 e. The van der Waals surface area contributed by atoms with E-state index >= 15 is 0 Å². The number of rotatable bonds is 7. The third-order valence-electron chi connectivity index (χ3n) is 4.90. The molecule has 0 fully saturated rings. The fourth-order valence-corrected chi connectivity index (χ4v) is 3.40. The number of para-hydroxylation sites is 1. The number of carbonyl (C=O) groups is 1. The normalized spacial score (nSPS) is 11.1. The van der Waals surface area contributed by atoms with Gasteiger partial charge in [-0.25, -0.2) is 4.79 Å². The molecule has 0 aliphatic heterocycles. The van der Waals surface area contributed by atoms with Gasteiger partial charge in [0.1, 0.15) is 0 Å². The van der Waals surface area contributed by atoms with Gasteiger partial charge in [-0.3, -0.25) is 13.8 Å². The minimum absolute atomic E-state index is 0.0712. The monoisotopic (exact) mass is 405 g/mol. The Labute approximate surface area is 173 Å². The summed E-state index contributed by atoms with van der Waals surface area (Å²) in [6.07, 6.45) is 0.790. The number of fused-ring (bicyclic) bond motifs is 3. The number of carbonyl (C=O) groups excluding carboxylic acids is 1. The maximum absolute atomic E-state index is 12.7. The maximum atomic E-state index is 12.7. The smallest absolute Gasteiger partial charge is 0.338 e. The van der Waals surface area contributed by atoms with Crippen LogP contribution in [0.25, 0.3) is 16.7 Å². The molecule has 0 unspecified atom stereocenters. The van der Waals surface area contributed by atoms with Crippen LogP contribution in [-0.2, 0) is 17.8 Å². The van der Waals surface area contributed by atoms with Crippen molar-refractivity contribution in [2.75, 3.05) is 11.9 Å². The minimum Gasteiger partial charge on any atom is -0.462 e. The molecular weight excluding hydrogens is 382 g/mol. The van der Waals surface area contributed by atoms with E-state index in [0.29, 0.717) is 42.2 Å². The summed E-state index contributed by atoms with van der Waals surface area (Å²) in [4.78, 5) is 24.7. The third kappa shape index (κ3) is 3.52. The molecule has 0 amide bonds. The minimum atomic E-state index is -0.323. The van der Waals surface area contributed by atoms with E-state index in [0.717, 1.165) is 17.6 Å². The van der Waals surface area contributed by atoms with Crippen LogP contribution < -0.4 is 10.9 Å². The molecule has 8 heteroatoms. The van der Waals surface area contributed by atoms with E-state index in [1.165, 1.54) is 0 Å². The lowest BCUT2D eigenvalue weighted by atomic mass is 10.2. The zero-order valence-corrected chi connectivity index (χ0v) is 17.0. The van der Waals surface area contributed by atoms with E-state index in [9.17, 15) is 9.59 Å². The highest BCUT2D eigenvalue weighted by Gasteiger charge is 2.15. The summed E-state index contributed by atoms with van der Waals surface area (Å²) >= 11 is 0. The Morgan fingerprint density at radius 3 is 2.57 bits per heavy atom. The highest BCUT2D eigenvalue weighted by atomic mass is 16.5. The number of aryl methyl sites for hydroxylation is 1. The standard InChI is InChI=1S/C22H23N5O3/c1-3-13-30-21(29)15-9-11-16(12-10-15)23-14-19-24-25-22-26(4-2)20(28)17-7-5-6-8-18(17)27(19)22/h5-12,23H,3-4,13-14H2,1-2H3. The number of hydrogen-bond acceptors (Lipinski definition) is 6. The topological polar surface area (TPSA) is 90.5 Å². The van der Waals surface area contributed by atoms with Crippen molar-refractivity contribution >= 4 is 28.3 Å². The van der Waals surface area contributed by atoms with E-state index in [4.69, 9.17) is 4.74 Å². The SMILES string of the molecule is CCCOC(=O)c1ccc(NCc2nnc3n(CC)c(=O)c4ccccc4n23)cc1. The fourth-order valence-electron chi connectivity index (χ4n) is 3.40. The Morgan fingerprint density at radius 2 is 1.83 bits per heavy atom. The van der Waals surface area contributed by atoms with E-state index in [2.05, 4.69) is 15.5 Å². The predicted octanol–water partition coefficient (Wildman–Crippen LogP) is 3.24. The number of nitrogens with one attached hydrogen (secondary N) is 1. The van der Waals surface area contributed by atoms with Gasteiger partial charge in [0, 0.05) is 12.2 Å². The first-order chi connectivity index (χ1) is 14.6. The summed E-state index contributed by atoms with van der Waals surface area (Å²) in [5.74, 6) is 0.887. The number of nitrogens with zero attached hydrogens (tertiary/aromatic N) is 4. The van der Waals surface area contributed by atoms with Crippen molar-refractivity contribution in [3.63, 3.8) is 0 Å². The summed E-state index contributed by atoms with van der Waals surface area (Å²) in [7, 11) is 0. The summed E-state index contributed by atoms with van der Waals surface area (Å²) in [6, 6.07) is 14.6. The summed E-state index contributed by atoms with van der Waals surface area (Å²) in [5.41, 5.74) is 2.06. The van der Waals surface area contributed by atoms with Crippen LogP contribution in [0.3, 0.4) is 0 Å². The molecule has 2 aromatic carbocycles. The number of aromatic nitrogens is 4. The molecule has 4 aromatic rings. The molecule has 0 saturated heterocycles. The molecule has 0 aliphatic carbocycles. The second kappa shape index (κ2) is 8.36. The van der Waals surface area contributed by atoms with E-state index in [1.54, 1.807) is 16.7 Å². The molecule has 8 nitrogen and oxygen atoms in total. The van der Waals surface area contributed by atoms with Crippen LogP contribution in [-0.4, -0.2) is 31.7 Å².